The molecular formula is C13H24N2. The van der Waals surface area contributed by atoms with E-state index in [9.17, 15) is 0 Å². The highest BCUT2D eigenvalue weighted by Gasteiger charge is 2.45. The molecule has 15 heavy (non-hydrogen) atoms. The average Bonchev–Trinajstić information content (AvgIpc) is 2.95. The summed E-state index contributed by atoms with van der Waals surface area (Å²) < 4.78 is 0. The highest BCUT2D eigenvalue weighted by atomic mass is 15.3. The summed E-state index contributed by atoms with van der Waals surface area (Å²) >= 11 is 0. The van der Waals surface area contributed by atoms with Gasteiger partial charge in [0.15, 0.2) is 0 Å². The summed E-state index contributed by atoms with van der Waals surface area (Å²) in [5, 5.41) is 3.80. The van der Waals surface area contributed by atoms with Crippen molar-refractivity contribution in [3.63, 3.8) is 0 Å². The highest BCUT2D eigenvalue weighted by Crippen LogP contribution is 2.41. The molecular weight excluding hydrogens is 184 g/mol. The molecule has 0 aromatic heterocycles. The van der Waals surface area contributed by atoms with Crippen LogP contribution < -0.4 is 5.32 Å². The highest BCUT2D eigenvalue weighted by molar-refractivity contribution is 5.03. The standard InChI is InChI=1S/C13H24N2/c1-2-11-9-12(11)15-8-7-14-13(10-15)5-3-4-6-13/h11-12,14H,2-10H2,1H3. The van der Waals surface area contributed by atoms with Crippen LogP contribution in [0.3, 0.4) is 0 Å². The smallest absolute Gasteiger partial charge is 0.0309 e. The van der Waals surface area contributed by atoms with Gasteiger partial charge in [-0.25, -0.2) is 0 Å². The van der Waals surface area contributed by atoms with Gasteiger partial charge in [0, 0.05) is 31.2 Å². The zero-order chi connectivity index (χ0) is 10.3. The predicted octanol–water partition coefficient (Wildman–Crippen LogP) is 2.00. The Hall–Kier alpha value is -0.0800. The van der Waals surface area contributed by atoms with Gasteiger partial charge in [-0.2, -0.15) is 0 Å². The van der Waals surface area contributed by atoms with Gasteiger partial charge >= 0.3 is 0 Å². The minimum absolute atomic E-state index is 0.527. The van der Waals surface area contributed by atoms with E-state index in [2.05, 4.69) is 17.1 Å². The molecule has 0 aromatic carbocycles. The molecule has 3 aliphatic rings. The summed E-state index contributed by atoms with van der Waals surface area (Å²) in [6.45, 7) is 6.21. The second-order valence-electron chi connectivity index (χ2n) is 5.86. The van der Waals surface area contributed by atoms with Gasteiger partial charge in [-0.05, 0) is 25.2 Å². The van der Waals surface area contributed by atoms with E-state index in [0.29, 0.717) is 5.54 Å². The Morgan fingerprint density at radius 2 is 2.13 bits per heavy atom. The van der Waals surface area contributed by atoms with Crippen LogP contribution in [0.2, 0.25) is 0 Å². The lowest BCUT2D eigenvalue weighted by Crippen LogP contribution is -2.59. The molecule has 0 bridgehead atoms. The lowest BCUT2D eigenvalue weighted by Gasteiger charge is -2.42. The fraction of sp³-hybridized carbons (Fsp3) is 1.00. The first-order chi connectivity index (χ1) is 7.33. The molecule has 3 rings (SSSR count). The minimum Gasteiger partial charge on any atom is -0.309 e. The van der Waals surface area contributed by atoms with E-state index >= 15 is 0 Å². The van der Waals surface area contributed by atoms with Crippen molar-refractivity contribution in [2.24, 2.45) is 5.92 Å². The number of nitrogens with one attached hydrogen (secondary N) is 1. The van der Waals surface area contributed by atoms with E-state index in [4.69, 9.17) is 0 Å². The molecule has 2 heteroatoms. The van der Waals surface area contributed by atoms with Gasteiger partial charge in [0.2, 0.25) is 0 Å². The second kappa shape index (κ2) is 3.74. The molecule has 1 spiro atoms. The lowest BCUT2D eigenvalue weighted by atomic mass is 9.94. The van der Waals surface area contributed by atoms with Gasteiger partial charge in [-0.1, -0.05) is 26.2 Å². The van der Waals surface area contributed by atoms with Crippen molar-refractivity contribution >= 4 is 0 Å². The van der Waals surface area contributed by atoms with Gasteiger partial charge in [0.05, 0.1) is 0 Å². The van der Waals surface area contributed by atoms with Crippen LogP contribution in [-0.4, -0.2) is 36.1 Å². The minimum atomic E-state index is 0.527. The van der Waals surface area contributed by atoms with Crippen LogP contribution in [0.25, 0.3) is 0 Å². The van der Waals surface area contributed by atoms with E-state index < -0.39 is 0 Å². The first-order valence-electron chi connectivity index (χ1n) is 6.82. The van der Waals surface area contributed by atoms with Crippen LogP contribution in [0.5, 0.6) is 0 Å². The number of rotatable bonds is 2. The zero-order valence-corrected chi connectivity index (χ0v) is 9.97. The molecule has 3 fully saturated rings. The van der Waals surface area contributed by atoms with Gasteiger partial charge in [0.1, 0.15) is 0 Å². The number of piperazine rings is 1. The Kier molecular flexibility index (Phi) is 2.52. The van der Waals surface area contributed by atoms with Crippen LogP contribution in [0.1, 0.15) is 45.4 Å². The molecule has 0 radical (unpaired) electrons. The summed E-state index contributed by atoms with van der Waals surface area (Å²) in [5.41, 5.74) is 0.527. The maximum atomic E-state index is 3.80. The normalized spacial score (nSPS) is 39.8. The van der Waals surface area contributed by atoms with E-state index in [1.807, 2.05) is 0 Å². The van der Waals surface area contributed by atoms with Crippen molar-refractivity contribution in [2.75, 3.05) is 19.6 Å². The Morgan fingerprint density at radius 1 is 1.33 bits per heavy atom. The predicted molar refractivity (Wildman–Crippen MR) is 63.0 cm³/mol. The molecule has 2 aliphatic carbocycles. The molecule has 1 heterocycles. The Morgan fingerprint density at radius 3 is 2.80 bits per heavy atom. The monoisotopic (exact) mass is 208 g/mol. The Labute approximate surface area is 93.4 Å². The van der Waals surface area contributed by atoms with Crippen LogP contribution in [0, 0.1) is 5.92 Å². The lowest BCUT2D eigenvalue weighted by molar-refractivity contribution is 0.123. The van der Waals surface area contributed by atoms with E-state index in [-0.39, 0.29) is 0 Å². The van der Waals surface area contributed by atoms with Crippen LogP contribution in [0.15, 0.2) is 0 Å². The SMILES string of the molecule is CCC1CC1N1CCNC2(CCCC2)C1. The van der Waals surface area contributed by atoms with Crippen molar-refractivity contribution in [3.8, 4) is 0 Å². The molecule has 2 nitrogen and oxygen atoms in total. The molecule has 1 saturated heterocycles. The molecule has 1 aliphatic heterocycles. The third-order valence-corrected chi connectivity index (χ3v) is 4.84. The quantitative estimate of drug-likeness (QED) is 0.747. The van der Waals surface area contributed by atoms with E-state index in [0.717, 1.165) is 12.0 Å². The van der Waals surface area contributed by atoms with Crippen molar-refractivity contribution in [1.82, 2.24) is 10.2 Å². The van der Waals surface area contributed by atoms with Crippen molar-refractivity contribution < 1.29 is 0 Å². The second-order valence-corrected chi connectivity index (χ2v) is 5.86. The van der Waals surface area contributed by atoms with Crippen LogP contribution >= 0.6 is 0 Å². The number of nitrogens with zero attached hydrogens (tertiary/aromatic N) is 1. The maximum Gasteiger partial charge on any atom is 0.0309 e. The Bertz CT molecular complexity index is 233. The zero-order valence-electron chi connectivity index (χ0n) is 9.97. The largest absolute Gasteiger partial charge is 0.309 e. The fourth-order valence-corrected chi connectivity index (χ4v) is 3.78. The van der Waals surface area contributed by atoms with Gasteiger partial charge in [-0.15, -0.1) is 0 Å². The van der Waals surface area contributed by atoms with E-state index in [1.165, 1.54) is 58.2 Å². The van der Waals surface area contributed by atoms with Gasteiger partial charge in [0.25, 0.3) is 0 Å². The van der Waals surface area contributed by atoms with Gasteiger partial charge < -0.3 is 5.32 Å². The third-order valence-electron chi connectivity index (χ3n) is 4.84. The molecule has 86 valence electrons. The summed E-state index contributed by atoms with van der Waals surface area (Å²) in [6, 6.07) is 0.953. The molecule has 0 aromatic rings. The van der Waals surface area contributed by atoms with Crippen molar-refractivity contribution in [1.29, 1.82) is 0 Å². The summed E-state index contributed by atoms with van der Waals surface area (Å²) in [7, 11) is 0. The average molecular weight is 208 g/mol. The molecule has 0 amide bonds. The molecule has 1 N–H and O–H groups in total. The van der Waals surface area contributed by atoms with E-state index in [1.54, 1.807) is 0 Å². The third kappa shape index (κ3) is 1.83. The van der Waals surface area contributed by atoms with Crippen LogP contribution in [0.4, 0.5) is 0 Å². The van der Waals surface area contributed by atoms with Gasteiger partial charge in [-0.3, -0.25) is 4.90 Å². The number of hydrogen-bond acceptors (Lipinski definition) is 2. The maximum absolute atomic E-state index is 3.80. The first kappa shape index (κ1) is 10.1. The summed E-state index contributed by atoms with van der Waals surface area (Å²) in [6.07, 6.45) is 8.61. The topological polar surface area (TPSA) is 15.3 Å². The summed E-state index contributed by atoms with van der Waals surface area (Å²) in [5.74, 6) is 1.03. The number of hydrogen-bond donors (Lipinski definition) is 1. The molecule has 2 atom stereocenters. The van der Waals surface area contributed by atoms with Crippen molar-refractivity contribution in [2.45, 2.75) is 57.0 Å². The molecule has 2 saturated carbocycles. The van der Waals surface area contributed by atoms with Crippen molar-refractivity contribution in [3.05, 3.63) is 0 Å². The Balaban J connectivity index is 1.62. The fourth-order valence-electron chi connectivity index (χ4n) is 3.78. The molecule has 2 unspecified atom stereocenters. The van der Waals surface area contributed by atoms with Crippen LogP contribution in [-0.2, 0) is 0 Å². The first-order valence-corrected chi connectivity index (χ1v) is 6.82. The summed E-state index contributed by atoms with van der Waals surface area (Å²) in [4.78, 5) is 2.79.